The summed E-state index contributed by atoms with van der Waals surface area (Å²) in [4.78, 5) is 5.00. The molecular weight excluding hydrogens is 533 g/mol. The van der Waals surface area contributed by atoms with Crippen molar-refractivity contribution < 1.29 is 26.0 Å². The Kier molecular flexibility index (Phi) is 10.1. The summed E-state index contributed by atoms with van der Waals surface area (Å²) in [5, 5.41) is 12.6. The molecule has 0 radical (unpaired) electrons. The summed E-state index contributed by atoms with van der Waals surface area (Å²) in [6.45, 7) is 6.91. The van der Waals surface area contributed by atoms with Crippen LogP contribution in [0.2, 0.25) is 18.1 Å². The van der Waals surface area contributed by atoms with E-state index in [1.165, 1.54) is 42.0 Å². The summed E-state index contributed by atoms with van der Waals surface area (Å²) in [6, 6.07) is 18.9. The number of phenols is 1. The van der Waals surface area contributed by atoms with E-state index >= 15 is 0 Å². The normalized spacial score (nSPS) is 22.1. The van der Waals surface area contributed by atoms with Crippen LogP contribution in [0.1, 0.15) is 52.0 Å². The molecule has 0 amide bonds. The van der Waals surface area contributed by atoms with Crippen molar-refractivity contribution in [3.8, 4) is 16.9 Å². The molecule has 2 nitrogen and oxygen atoms in total. The molecule has 0 saturated heterocycles. The third kappa shape index (κ3) is 5.80. The predicted molar refractivity (Wildman–Crippen MR) is 139 cm³/mol. The van der Waals surface area contributed by atoms with Gasteiger partial charge in [0.1, 0.15) is 5.75 Å². The third-order valence-electron chi connectivity index (χ3n) is 7.95. The minimum absolute atomic E-state index is 0.461. The number of fused-ring (bicyclic) bond motifs is 2. The van der Waals surface area contributed by atoms with Gasteiger partial charge >= 0.3 is 37.9 Å². The van der Waals surface area contributed by atoms with E-state index in [0.717, 1.165) is 35.5 Å². The Bertz CT molecular complexity index is 896. The molecule has 32 heavy (non-hydrogen) atoms. The first-order valence-corrected chi connectivity index (χ1v) is 20.9. The Labute approximate surface area is 213 Å². The van der Waals surface area contributed by atoms with Gasteiger partial charge in [0.15, 0.2) is 0 Å². The minimum atomic E-state index is -1.72. The molecule has 2 fully saturated rings. The first-order chi connectivity index (χ1) is 15.5. The van der Waals surface area contributed by atoms with E-state index in [-0.39, 0.29) is 0 Å². The summed E-state index contributed by atoms with van der Waals surface area (Å²) in [5.74, 6) is 2.15. The van der Waals surface area contributed by atoms with Crippen LogP contribution in [0.15, 0.2) is 47.5 Å². The summed E-state index contributed by atoms with van der Waals surface area (Å²) in [6.07, 6.45) is 7.33. The van der Waals surface area contributed by atoms with Crippen LogP contribution < -0.4 is 5.19 Å². The van der Waals surface area contributed by atoms with Gasteiger partial charge in [-0.15, -0.1) is 0 Å². The molecule has 2 aliphatic rings. The molecule has 2 aliphatic carbocycles. The topological polar surface area (TPSA) is 32.6 Å². The van der Waals surface area contributed by atoms with Crippen LogP contribution in [-0.4, -0.2) is 25.4 Å². The molecule has 0 aromatic heterocycles. The van der Waals surface area contributed by atoms with Gasteiger partial charge in [0.2, 0.25) is 0 Å². The van der Waals surface area contributed by atoms with Crippen LogP contribution in [0.4, 0.5) is 0 Å². The molecule has 0 spiro atoms. The summed E-state index contributed by atoms with van der Waals surface area (Å²) >= 11 is -0.826. The average Bonchev–Trinajstić information content (AvgIpc) is 3.45. The molecule has 172 valence electrons. The Hall–Kier alpha value is -0.410. The first-order valence-electron chi connectivity index (χ1n) is 11.9. The zero-order valence-corrected chi connectivity index (χ0v) is 24.4. The van der Waals surface area contributed by atoms with Gasteiger partial charge in [0, 0.05) is 11.8 Å². The fourth-order valence-corrected chi connectivity index (χ4v) is 9.60. The molecule has 1 N–H and O–H groups in total. The standard InChI is InChI=1S/C26H35NOSi.2ClH.Zr/c1-4-29(5-2,6-3)25-17-22(20-10-8-7-9-11-20)16-23(26(25)28)18-27-24-15-19-12-13-21(24)14-19;;;/h7-11,16-19,21,24,28H,4-6,12-15H2,1-3H3;2*1H;/q;;;+2/p-2. The summed E-state index contributed by atoms with van der Waals surface area (Å²) < 4.78 is 0. The zero-order chi connectivity index (χ0) is 23.1. The van der Waals surface area contributed by atoms with Crippen molar-refractivity contribution in [3.05, 3.63) is 48.0 Å². The van der Waals surface area contributed by atoms with Gasteiger partial charge in [-0.2, -0.15) is 0 Å². The van der Waals surface area contributed by atoms with E-state index in [9.17, 15) is 5.11 Å². The van der Waals surface area contributed by atoms with E-state index < -0.39 is 28.9 Å². The molecule has 2 aromatic carbocycles. The van der Waals surface area contributed by atoms with Crippen LogP contribution in [0, 0.1) is 11.8 Å². The molecule has 4 rings (SSSR count). The van der Waals surface area contributed by atoms with Crippen molar-refractivity contribution in [1.29, 1.82) is 0 Å². The average molecular weight is 568 g/mol. The van der Waals surface area contributed by atoms with Crippen LogP contribution in [0.3, 0.4) is 0 Å². The number of nitrogens with zero attached hydrogens (tertiary/aromatic N) is 1. The number of aromatic hydroxyl groups is 1. The monoisotopic (exact) mass is 565 g/mol. The number of rotatable bonds is 7. The second kappa shape index (κ2) is 12.3. The molecule has 2 bridgehead atoms. The Morgan fingerprint density at radius 1 is 1.00 bits per heavy atom. The number of halogens is 2. The SMILES string of the molecule is CC[Si](CC)(CC)c1cc(-c2ccccc2)cc(C=NC2CC3CCC2C3)c1O.[Cl][Zr][Cl]. The van der Waals surface area contributed by atoms with Gasteiger partial charge < -0.3 is 5.11 Å². The molecule has 3 unspecified atom stereocenters. The molecular formula is C26H35Cl2NOSiZr. The predicted octanol–water partition coefficient (Wildman–Crippen LogP) is 7.76. The number of aliphatic imine (C=N–C) groups is 1. The maximum atomic E-state index is 11.3. The van der Waals surface area contributed by atoms with Crippen molar-refractivity contribution >= 4 is 36.5 Å². The van der Waals surface area contributed by atoms with Gasteiger partial charge in [-0.25, -0.2) is 0 Å². The quantitative estimate of drug-likeness (QED) is 0.269. The second-order valence-corrected chi connectivity index (χ2v) is 18.2. The van der Waals surface area contributed by atoms with E-state index in [1.807, 2.05) is 6.21 Å². The fourth-order valence-electron chi connectivity index (χ4n) is 5.85. The van der Waals surface area contributed by atoms with E-state index in [4.69, 9.17) is 22.0 Å². The van der Waals surface area contributed by atoms with Crippen LogP contribution >= 0.6 is 17.0 Å². The number of phenolic OH excluding ortho intramolecular Hbond substituents is 1. The van der Waals surface area contributed by atoms with Crippen LogP contribution in [0.5, 0.6) is 5.75 Å². The first kappa shape index (κ1) is 26.2. The van der Waals surface area contributed by atoms with Crippen LogP contribution in [0.25, 0.3) is 11.1 Å². The van der Waals surface area contributed by atoms with E-state index in [1.54, 1.807) is 0 Å². The summed E-state index contributed by atoms with van der Waals surface area (Å²) in [7, 11) is 8.15. The fraction of sp³-hybridized carbons (Fsp3) is 0.500. The van der Waals surface area contributed by atoms with Crippen molar-refractivity contribution in [3.63, 3.8) is 0 Å². The van der Waals surface area contributed by atoms with Crippen molar-refractivity contribution in [2.75, 3.05) is 0 Å². The van der Waals surface area contributed by atoms with Crippen LogP contribution in [-0.2, 0) is 20.8 Å². The Morgan fingerprint density at radius 3 is 2.19 bits per heavy atom. The number of hydrogen-bond donors (Lipinski definition) is 1. The molecule has 2 aromatic rings. The van der Waals surface area contributed by atoms with Gasteiger partial charge in [-0.3, -0.25) is 4.99 Å². The molecule has 6 heteroatoms. The van der Waals surface area contributed by atoms with Crippen molar-refractivity contribution in [1.82, 2.24) is 0 Å². The van der Waals surface area contributed by atoms with Gasteiger partial charge in [-0.1, -0.05) is 81.7 Å². The van der Waals surface area contributed by atoms with Gasteiger partial charge in [0.25, 0.3) is 0 Å². The van der Waals surface area contributed by atoms with E-state index in [2.05, 4.69) is 63.2 Å². The van der Waals surface area contributed by atoms with E-state index in [0.29, 0.717) is 11.8 Å². The van der Waals surface area contributed by atoms with Crippen molar-refractivity contribution in [2.45, 2.75) is 70.6 Å². The molecule has 0 aliphatic heterocycles. The summed E-state index contributed by atoms with van der Waals surface area (Å²) in [5.41, 5.74) is 3.34. The van der Waals surface area contributed by atoms with Gasteiger partial charge in [0.05, 0.1) is 14.1 Å². The Balaban J connectivity index is 0.000000913. The molecule has 2 saturated carbocycles. The Morgan fingerprint density at radius 2 is 1.66 bits per heavy atom. The number of benzene rings is 2. The van der Waals surface area contributed by atoms with Crippen molar-refractivity contribution in [2.24, 2.45) is 16.8 Å². The maximum absolute atomic E-state index is 11.3. The molecule has 3 atom stereocenters. The van der Waals surface area contributed by atoms with Gasteiger partial charge in [-0.05, 0) is 53.5 Å². The zero-order valence-electron chi connectivity index (χ0n) is 19.5. The number of hydrogen-bond acceptors (Lipinski definition) is 2. The molecule has 0 heterocycles. The second-order valence-electron chi connectivity index (χ2n) is 9.26. The third-order valence-corrected chi connectivity index (χ3v) is 13.5.